The Labute approximate surface area is 134 Å². The molecule has 0 bridgehead atoms. The van der Waals surface area contributed by atoms with Gasteiger partial charge in [0.05, 0.1) is 25.2 Å². The maximum Gasteiger partial charge on any atom is 0.357 e. The molecule has 2 aromatic rings. The number of ether oxygens (including phenoxy) is 2. The van der Waals surface area contributed by atoms with Gasteiger partial charge in [-0.3, -0.25) is 0 Å². The number of nitrogens with zero attached hydrogens (tertiary/aromatic N) is 2. The largest absolute Gasteiger partial charge is 0.466 e. The predicted octanol–water partition coefficient (Wildman–Crippen LogP) is 2.31. The number of rotatable bonds is 3. The van der Waals surface area contributed by atoms with Crippen molar-refractivity contribution in [1.82, 2.24) is 9.55 Å². The maximum atomic E-state index is 12.4. The van der Waals surface area contributed by atoms with Crippen LogP contribution in [0.25, 0.3) is 0 Å². The zero-order valence-corrected chi connectivity index (χ0v) is 13.2. The van der Waals surface area contributed by atoms with Crippen LogP contribution in [0, 0.1) is 0 Å². The van der Waals surface area contributed by atoms with Crippen LogP contribution in [0.15, 0.2) is 36.7 Å². The Morgan fingerprint density at radius 2 is 2.04 bits per heavy atom. The second kappa shape index (κ2) is 5.87. The van der Waals surface area contributed by atoms with Gasteiger partial charge in [0.2, 0.25) is 6.10 Å². The average Bonchev–Trinajstić information content (AvgIpc) is 3.03. The van der Waals surface area contributed by atoms with Crippen molar-refractivity contribution in [2.45, 2.75) is 31.9 Å². The number of esters is 2. The van der Waals surface area contributed by atoms with E-state index in [1.807, 2.05) is 37.3 Å². The predicted molar refractivity (Wildman–Crippen MR) is 82.1 cm³/mol. The van der Waals surface area contributed by atoms with Gasteiger partial charge in [-0.25, -0.2) is 14.6 Å². The van der Waals surface area contributed by atoms with Gasteiger partial charge in [-0.15, -0.1) is 0 Å². The van der Waals surface area contributed by atoms with Crippen LogP contribution in [0.5, 0.6) is 0 Å². The van der Waals surface area contributed by atoms with E-state index in [0.717, 1.165) is 5.56 Å². The molecular formula is C17H18N2O4. The van der Waals surface area contributed by atoms with Crippen LogP contribution in [0.1, 0.15) is 47.6 Å². The highest BCUT2D eigenvalue weighted by Gasteiger charge is 2.41. The first-order chi connectivity index (χ1) is 11.0. The first-order valence-electron chi connectivity index (χ1n) is 7.45. The maximum absolute atomic E-state index is 12.4. The van der Waals surface area contributed by atoms with Crippen molar-refractivity contribution in [1.29, 1.82) is 0 Å². The highest BCUT2D eigenvalue weighted by molar-refractivity contribution is 5.93. The van der Waals surface area contributed by atoms with E-state index < -0.39 is 18.0 Å². The summed E-state index contributed by atoms with van der Waals surface area (Å²) < 4.78 is 11.8. The topological polar surface area (TPSA) is 70.4 Å². The Bertz CT molecular complexity index is 738. The van der Waals surface area contributed by atoms with E-state index in [-0.39, 0.29) is 12.0 Å². The molecule has 0 radical (unpaired) electrons. The molecule has 2 heterocycles. The number of carbonyl (C=O) groups excluding carboxylic acids is 2. The first kappa shape index (κ1) is 15.3. The van der Waals surface area contributed by atoms with Crippen molar-refractivity contribution in [3.05, 3.63) is 53.6 Å². The van der Waals surface area contributed by atoms with Crippen molar-refractivity contribution in [2.75, 3.05) is 7.11 Å². The minimum absolute atomic E-state index is 0.0677. The summed E-state index contributed by atoms with van der Waals surface area (Å²) >= 11 is 0. The summed E-state index contributed by atoms with van der Waals surface area (Å²) in [4.78, 5) is 28.5. The number of hydrogen-bond donors (Lipinski definition) is 0. The van der Waals surface area contributed by atoms with Crippen molar-refractivity contribution < 1.29 is 19.1 Å². The molecule has 120 valence electrons. The molecule has 23 heavy (non-hydrogen) atoms. The lowest BCUT2D eigenvalue weighted by molar-refractivity contribution is -0.152. The Morgan fingerprint density at radius 1 is 1.35 bits per heavy atom. The Morgan fingerprint density at radius 3 is 2.70 bits per heavy atom. The number of hydrogen-bond acceptors (Lipinski definition) is 5. The van der Waals surface area contributed by atoms with E-state index in [2.05, 4.69) is 4.98 Å². The average molecular weight is 314 g/mol. The fraction of sp³-hybridized carbons (Fsp3) is 0.353. The number of carbonyl (C=O) groups is 2. The van der Waals surface area contributed by atoms with Gasteiger partial charge >= 0.3 is 11.9 Å². The first-order valence-corrected chi connectivity index (χ1v) is 7.45. The van der Waals surface area contributed by atoms with Gasteiger partial charge in [0, 0.05) is 5.92 Å². The van der Waals surface area contributed by atoms with Crippen LogP contribution in [-0.2, 0) is 14.3 Å². The molecule has 0 fully saturated rings. The van der Waals surface area contributed by atoms with E-state index in [0.29, 0.717) is 11.4 Å². The number of methoxy groups -OCH3 is 1. The van der Waals surface area contributed by atoms with Crippen LogP contribution >= 0.6 is 0 Å². The summed E-state index contributed by atoms with van der Waals surface area (Å²) in [6.07, 6.45) is 0.676. The van der Waals surface area contributed by atoms with E-state index >= 15 is 0 Å². The summed E-state index contributed by atoms with van der Waals surface area (Å²) in [6.45, 7) is 3.79. The van der Waals surface area contributed by atoms with Gasteiger partial charge in [-0.1, -0.05) is 37.3 Å². The van der Waals surface area contributed by atoms with Crippen LogP contribution in [0.2, 0.25) is 0 Å². The summed E-state index contributed by atoms with van der Waals surface area (Å²) in [7, 11) is 1.27. The molecule has 1 aromatic heterocycles. The molecule has 0 N–H and O–H groups in total. The normalized spacial score (nSPS) is 21.3. The summed E-state index contributed by atoms with van der Waals surface area (Å²) in [6, 6.07) is 9.75. The Balaban J connectivity index is 2.00. The molecule has 1 unspecified atom stereocenters. The molecule has 6 heteroatoms. The van der Waals surface area contributed by atoms with Crippen LogP contribution in [0.4, 0.5) is 0 Å². The lowest BCUT2D eigenvalue weighted by atomic mass is 9.96. The SMILES string of the molecule is COC(=O)[C@@H]1OC(=O)c2c(ncn2[C@H](C)c2ccccc2)C1C. The van der Waals surface area contributed by atoms with E-state index in [1.165, 1.54) is 7.11 Å². The third kappa shape index (κ3) is 2.50. The molecule has 3 atom stereocenters. The summed E-state index contributed by atoms with van der Waals surface area (Å²) in [5, 5.41) is 0. The van der Waals surface area contributed by atoms with Gasteiger partial charge in [0.1, 0.15) is 0 Å². The smallest absolute Gasteiger partial charge is 0.357 e. The van der Waals surface area contributed by atoms with E-state index in [9.17, 15) is 9.59 Å². The fourth-order valence-corrected chi connectivity index (χ4v) is 2.89. The standard InChI is InChI=1S/C17H18N2O4/c1-10-13-14(16(20)23-15(10)17(21)22-3)19(9-18-13)11(2)12-7-5-4-6-8-12/h4-11,15H,1-3H3/t10?,11-,15-/m1/s1. The number of fused-ring (bicyclic) bond motifs is 1. The molecule has 0 spiro atoms. The fourth-order valence-electron chi connectivity index (χ4n) is 2.89. The second-order valence-electron chi connectivity index (χ2n) is 5.61. The van der Waals surface area contributed by atoms with Gasteiger partial charge in [-0.05, 0) is 12.5 Å². The molecule has 0 saturated carbocycles. The monoisotopic (exact) mass is 314 g/mol. The van der Waals surface area contributed by atoms with Crippen LogP contribution in [0.3, 0.4) is 0 Å². The zero-order chi connectivity index (χ0) is 16.6. The minimum Gasteiger partial charge on any atom is -0.466 e. The van der Waals surface area contributed by atoms with Gasteiger partial charge in [-0.2, -0.15) is 0 Å². The molecule has 0 aliphatic carbocycles. The summed E-state index contributed by atoms with van der Waals surface area (Å²) in [5.74, 6) is -1.46. The van der Waals surface area contributed by atoms with E-state index in [1.54, 1.807) is 17.8 Å². The third-order valence-electron chi connectivity index (χ3n) is 4.27. The van der Waals surface area contributed by atoms with Crippen molar-refractivity contribution in [3.63, 3.8) is 0 Å². The number of cyclic esters (lactones) is 1. The zero-order valence-electron chi connectivity index (χ0n) is 13.2. The van der Waals surface area contributed by atoms with Gasteiger partial charge in [0.25, 0.3) is 0 Å². The van der Waals surface area contributed by atoms with Gasteiger partial charge in [0.15, 0.2) is 5.69 Å². The van der Waals surface area contributed by atoms with Gasteiger partial charge < -0.3 is 14.0 Å². The summed E-state index contributed by atoms with van der Waals surface area (Å²) in [5.41, 5.74) is 2.02. The lowest BCUT2D eigenvalue weighted by Gasteiger charge is -2.27. The lowest BCUT2D eigenvalue weighted by Crippen LogP contribution is -2.38. The quantitative estimate of drug-likeness (QED) is 0.813. The molecule has 3 rings (SSSR count). The Kier molecular flexibility index (Phi) is 3.90. The molecule has 1 aliphatic rings. The molecular weight excluding hydrogens is 296 g/mol. The highest BCUT2D eigenvalue weighted by Crippen LogP contribution is 2.33. The third-order valence-corrected chi connectivity index (χ3v) is 4.27. The highest BCUT2D eigenvalue weighted by atomic mass is 16.6. The van der Waals surface area contributed by atoms with Crippen molar-refractivity contribution >= 4 is 11.9 Å². The number of aromatic nitrogens is 2. The minimum atomic E-state index is -0.949. The van der Waals surface area contributed by atoms with E-state index in [4.69, 9.17) is 9.47 Å². The molecule has 0 saturated heterocycles. The van der Waals surface area contributed by atoms with Crippen LogP contribution < -0.4 is 0 Å². The number of imidazole rings is 1. The molecule has 1 aromatic carbocycles. The molecule has 1 aliphatic heterocycles. The van der Waals surface area contributed by atoms with Crippen LogP contribution in [-0.4, -0.2) is 34.7 Å². The van der Waals surface area contributed by atoms with Crippen molar-refractivity contribution in [3.8, 4) is 0 Å². The second-order valence-corrected chi connectivity index (χ2v) is 5.61. The molecule has 6 nitrogen and oxygen atoms in total. The molecule has 0 amide bonds. The Hall–Kier alpha value is -2.63. The number of benzene rings is 1. The van der Waals surface area contributed by atoms with Crippen molar-refractivity contribution in [2.24, 2.45) is 0 Å².